The number of nitrogens with one attached hydrogen (secondary N) is 1. The summed E-state index contributed by atoms with van der Waals surface area (Å²) in [7, 11) is 3.29. The fourth-order valence-electron chi connectivity index (χ4n) is 1.65. The van der Waals surface area contributed by atoms with Gasteiger partial charge in [-0.2, -0.15) is 0 Å². The molecule has 0 fully saturated rings. The van der Waals surface area contributed by atoms with E-state index in [0.717, 1.165) is 31.8 Å². The number of hydrogen-bond acceptors (Lipinski definition) is 4. The van der Waals surface area contributed by atoms with E-state index in [2.05, 4.69) is 18.3 Å². The monoisotopic (exact) mass is 215 g/mol. The second-order valence-electron chi connectivity index (χ2n) is 3.52. The summed E-state index contributed by atoms with van der Waals surface area (Å²) in [5, 5.41) is 3.37. The average molecular weight is 215 g/mol. The maximum Gasteiger partial charge on any atom is 0.179 e. The van der Waals surface area contributed by atoms with Gasteiger partial charge < -0.3 is 19.5 Å². The Morgan fingerprint density at radius 1 is 1.47 bits per heavy atom. The zero-order valence-corrected chi connectivity index (χ0v) is 9.79. The second-order valence-corrected chi connectivity index (χ2v) is 3.52. The molecular weight excluding hydrogens is 194 g/mol. The lowest BCUT2D eigenvalue weighted by Crippen LogP contribution is -2.44. The highest BCUT2D eigenvalue weighted by molar-refractivity contribution is 5.08. The van der Waals surface area contributed by atoms with E-state index in [1.54, 1.807) is 14.2 Å². The minimum Gasteiger partial charge on any atom is -0.496 e. The number of ether oxygens (including phenoxy) is 3. The van der Waals surface area contributed by atoms with E-state index >= 15 is 0 Å². The molecule has 1 aliphatic rings. The van der Waals surface area contributed by atoms with Gasteiger partial charge in [0, 0.05) is 20.6 Å². The lowest BCUT2D eigenvalue weighted by molar-refractivity contribution is -0.122. The Labute approximate surface area is 91.6 Å². The zero-order chi connectivity index (χ0) is 11.1. The van der Waals surface area contributed by atoms with Gasteiger partial charge in [0.25, 0.3) is 0 Å². The van der Waals surface area contributed by atoms with Gasteiger partial charge in [0.05, 0.1) is 6.61 Å². The van der Waals surface area contributed by atoms with Crippen molar-refractivity contribution in [1.29, 1.82) is 0 Å². The van der Waals surface area contributed by atoms with E-state index in [9.17, 15) is 0 Å². The Hall–Kier alpha value is -0.580. The Morgan fingerprint density at radius 3 is 2.67 bits per heavy atom. The third-order valence-corrected chi connectivity index (χ3v) is 2.39. The van der Waals surface area contributed by atoms with E-state index < -0.39 is 0 Å². The first-order chi connectivity index (χ1) is 7.33. The van der Waals surface area contributed by atoms with Gasteiger partial charge in [0.1, 0.15) is 11.8 Å². The molecule has 0 saturated carbocycles. The van der Waals surface area contributed by atoms with Crippen molar-refractivity contribution >= 4 is 0 Å². The van der Waals surface area contributed by atoms with Crippen LogP contribution in [0.3, 0.4) is 0 Å². The quantitative estimate of drug-likeness (QED) is 0.649. The molecule has 1 atom stereocenters. The fraction of sp³-hybridized carbons (Fsp3) is 0.818. The molecule has 0 aromatic heterocycles. The van der Waals surface area contributed by atoms with Crippen LogP contribution in [0.5, 0.6) is 0 Å². The minimum absolute atomic E-state index is 0.00227. The SMILES string of the molecule is CCCNC(C1=CCCO1)C(OC)OC. The molecule has 0 radical (unpaired) electrons. The summed E-state index contributed by atoms with van der Waals surface area (Å²) >= 11 is 0. The highest BCUT2D eigenvalue weighted by Gasteiger charge is 2.27. The largest absolute Gasteiger partial charge is 0.496 e. The van der Waals surface area contributed by atoms with Gasteiger partial charge in [-0.3, -0.25) is 0 Å². The minimum atomic E-state index is -0.291. The Kier molecular flexibility index (Phi) is 5.68. The lowest BCUT2D eigenvalue weighted by Gasteiger charge is -2.26. The summed E-state index contributed by atoms with van der Waals surface area (Å²) in [4.78, 5) is 0. The third kappa shape index (κ3) is 3.48. The van der Waals surface area contributed by atoms with Crippen molar-refractivity contribution in [2.45, 2.75) is 32.1 Å². The molecule has 1 unspecified atom stereocenters. The van der Waals surface area contributed by atoms with Crippen molar-refractivity contribution in [3.8, 4) is 0 Å². The summed E-state index contributed by atoms with van der Waals surface area (Å²) in [5.74, 6) is 0.942. The van der Waals surface area contributed by atoms with Crippen LogP contribution in [-0.2, 0) is 14.2 Å². The summed E-state index contributed by atoms with van der Waals surface area (Å²) in [5.41, 5.74) is 0. The molecule has 0 spiro atoms. The van der Waals surface area contributed by atoms with Crippen LogP contribution in [0.2, 0.25) is 0 Å². The van der Waals surface area contributed by atoms with E-state index in [1.165, 1.54) is 0 Å². The Bertz CT molecular complexity index is 202. The maximum absolute atomic E-state index is 5.54. The van der Waals surface area contributed by atoms with Crippen LogP contribution < -0.4 is 5.32 Å². The third-order valence-electron chi connectivity index (χ3n) is 2.39. The van der Waals surface area contributed by atoms with Gasteiger partial charge in [-0.1, -0.05) is 6.92 Å². The summed E-state index contributed by atoms with van der Waals surface area (Å²) in [6, 6.07) is 0.00227. The molecule has 0 aliphatic carbocycles. The fourth-order valence-corrected chi connectivity index (χ4v) is 1.65. The van der Waals surface area contributed by atoms with Crippen LogP contribution in [-0.4, -0.2) is 39.7 Å². The summed E-state index contributed by atoms with van der Waals surface area (Å²) < 4.78 is 16.1. The van der Waals surface area contributed by atoms with Gasteiger partial charge in [-0.05, 0) is 19.0 Å². The molecule has 1 rings (SSSR count). The number of methoxy groups -OCH3 is 2. The molecule has 0 aromatic carbocycles. The first-order valence-electron chi connectivity index (χ1n) is 5.45. The molecule has 0 amide bonds. The van der Waals surface area contributed by atoms with Crippen molar-refractivity contribution in [1.82, 2.24) is 5.32 Å². The number of rotatable bonds is 7. The van der Waals surface area contributed by atoms with Gasteiger partial charge >= 0.3 is 0 Å². The van der Waals surface area contributed by atoms with Crippen molar-refractivity contribution in [3.63, 3.8) is 0 Å². The first-order valence-corrected chi connectivity index (χ1v) is 5.45. The van der Waals surface area contributed by atoms with Crippen LogP contribution >= 0.6 is 0 Å². The summed E-state index contributed by atoms with van der Waals surface area (Å²) in [6.45, 7) is 3.82. The molecule has 15 heavy (non-hydrogen) atoms. The smallest absolute Gasteiger partial charge is 0.179 e. The van der Waals surface area contributed by atoms with Crippen molar-refractivity contribution in [2.75, 3.05) is 27.4 Å². The van der Waals surface area contributed by atoms with Crippen LogP contribution in [0.15, 0.2) is 11.8 Å². The normalized spacial score (nSPS) is 17.7. The maximum atomic E-state index is 5.54. The van der Waals surface area contributed by atoms with Crippen LogP contribution in [0.25, 0.3) is 0 Å². The zero-order valence-electron chi connectivity index (χ0n) is 9.79. The van der Waals surface area contributed by atoms with Crippen molar-refractivity contribution < 1.29 is 14.2 Å². The molecule has 0 saturated heterocycles. The topological polar surface area (TPSA) is 39.7 Å². The molecule has 0 bridgehead atoms. The average Bonchev–Trinajstić information content (AvgIpc) is 2.77. The highest BCUT2D eigenvalue weighted by atomic mass is 16.7. The van der Waals surface area contributed by atoms with Crippen molar-refractivity contribution in [2.24, 2.45) is 0 Å². The van der Waals surface area contributed by atoms with E-state index in [0.29, 0.717) is 0 Å². The van der Waals surface area contributed by atoms with Gasteiger partial charge in [-0.15, -0.1) is 0 Å². The molecular formula is C11H21NO3. The van der Waals surface area contributed by atoms with Gasteiger partial charge in [0.15, 0.2) is 6.29 Å². The second kappa shape index (κ2) is 6.82. The first kappa shape index (κ1) is 12.5. The summed E-state index contributed by atoms with van der Waals surface area (Å²) in [6.07, 6.45) is 3.85. The van der Waals surface area contributed by atoms with Gasteiger partial charge in [0.2, 0.25) is 0 Å². The van der Waals surface area contributed by atoms with Crippen LogP contribution in [0.1, 0.15) is 19.8 Å². The Morgan fingerprint density at radius 2 is 2.20 bits per heavy atom. The van der Waals surface area contributed by atoms with E-state index in [4.69, 9.17) is 14.2 Å². The molecule has 0 aromatic rings. The predicted molar refractivity (Wildman–Crippen MR) is 58.5 cm³/mol. The van der Waals surface area contributed by atoms with Crippen molar-refractivity contribution in [3.05, 3.63) is 11.8 Å². The highest BCUT2D eigenvalue weighted by Crippen LogP contribution is 2.17. The Balaban J connectivity index is 2.58. The van der Waals surface area contributed by atoms with E-state index in [1.807, 2.05) is 0 Å². The van der Waals surface area contributed by atoms with Crippen LogP contribution in [0.4, 0.5) is 0 Å². The molecule has 1 N–H and O–H groups in total. The lowest BCUT2D eigenvalue weighted by atomic mass is 10.2. The van der Waals surface area contributed by atoms with E-state index in [-0.39, 0.29) is 12.3 Å². The van der Waals surface area contributed by atoms with Gasteiger partial charge in [-0.25, -0.2) is 0 Å². The molecule has 1 heterocycles. The standard InChI is InChI=1S/C11H21NO3/c1-4-7-12-10(11(13-2)14-3)9-6-5-8-15-9/h6,10-12H,4-5,7-8H2,1-3H3. The molecule has 88 valence electrons. The molecule has 4 nitrogen and oxygen atoms in total. The van der Waals surface area contributed by atoms with Crippen LogP contribution in [0, 0.1) is 0 Å². The predicted octanol–water partition coefficient (Wildman–Crippen LogP) is 1.28. The molecule has 1 aliphatic heterocycles. The number of hydrogen-bond donors (Lipinski definition) is 1. The molecule has 4 heteroatoms.